The average Bonchev–Trinajstić information content (AvgIpc) is 2.65. The number of hydrogen-bond donors (Lipinski definition) is 2. The van der Waals surface area contributed by atoms with E-state index >= 15 is 0 Å². The summed E-state index contributed by atoms with van der Waals surface area (Å²) in [7, 11) is 0. The van der Waals surface area contributed by atoms with E-state index in [1.807, 2.05) is 19.1 Å². The van der Waals surface area contributed by atoms with Gasteiger partial charge in [0.05, 0.1) is 0 Å². The van der Waals surface area contributed by atoms with Crippen molar-refractivity contribution in [3.8, 4) is 5.75 Å². The maximum Gasteiger partial charge on any atom is 0.120 e. The number of anilines is 1. The first-order valence-corrected chi connectivity index (χ1v) is 6.72. The van der Waals surface area contributed by atoms with Gasteiger partial charge in [0, 0.05) is 36.2 Å². The van der Waals surface area contributed by atoms with Crippen molar-refractivity contribution in [3.63, 3.8) is 0 Å². The van der Waals surface area contributed by atoms with E-state index < -0.39 is 0 Å². The van der Waals surface area contributed by atoms with Crippen LogP contribution in [0.5, 0.6) is 5.75 Å². The highest BCUT2D eigenvalue weighted by Gasteiger charge is 2.07. The Kier molecular flexibility index (Phi) is 3.84. The van der Waals surface area contributed by atoms with E-state index in [-0.39, 0.29) is 0 Å². The Morgan fingerprint density at radius 1 is 1.16 bits per heavy atom. The summed E-state index contributed by atoms with van der Waals surface area (Å²) >= 11 is 0. The van der Waals surface area contributed by atoms with Gasteiger partial charge >= 0.3 is 0 Å². The minimum absolute atomic E-state index is 0.337. The third kappa shape index (κ3) is 2.75. The predicted molar refractivity (Wildman–Crippen MR) is 79.8 cm³/mol. The SMILES string of the molecule is CCn1c(C)cc(CNc2ccc(C)c(O)c2)c1C. The van der Waals surface area contributed by atoms with Crippen LogP contribution < -0.4 is 5.32 Å². The first-order valence-electron chi connectivity index (χ1n) is 6.72. The van der Waals surface area contributed by atoms with Crippen LogP contribution in [0.3, 0.4) is 0 Å². The Bertz CT molecular complexity index is 585. The minimum atomic E-state index is 0.337. The van der Waals surface area contributed by atoms with E-state index in [0.717, 1.165) is 24.3 Å². The van der Waals surface area contributed by atoms with Gasteiger partial charge in [0.1, 0.15) is 5.75 Å². The van der Waals surface area contributed by atoms with E-state index in [4.69, 9.17) is 0 Å². The maximum absolute atomic E-state index is 9.69. The van der Waals surface area contributed by atoms with Crippen LogP contribution in [-0.4, -0.2) is 9.67 Å². The lowest BCUT2D eigenvalue weighted by Crippen LogP contribution is -2.03. The summed E-state index contributed by atoms with van der Waals surface area (Å²) in [5.74, 6) is 0.337. The summed E-state index contributed by atoms with van der Waals surface area (Å²) in [4.78, 5) is 0. The van der Waals surface area contributed by atoms with Gasteiger partial charge in [-0.2, -0.15) is 0 Å². The topological polar surface area (TPSA) is 37.2 Å². The molecule has 1 aromatic heterocycles. The predicted octanol–water partition coefficient (Wildman–Crippen LogP) is 3.75. The van der Waals surface area contributed by atoms with Crippen molar-refractivity contribution in [2.45, 2.75) is 40.8 Å². The van der Waals surface area contributed by atoms with E-state index in [1.54, 1.807) is 6.07 Å². The Balaban J connectivity index is 2.12. The summed E-state index contributed by atoms with van der Waals surface area (Å²) < 4.78 is 2.31. The highest BCUT2D eigenvalue weighted by Crippen LogP contribution is 2.22. The van der Waals surface area contributed by atoms with Gasteiger partial charge in [0.2, 0.25) is 0 Å². The molecule has 0 aliphatic rings. The zero-order valence-corrected chi connectivity index (χ0v) is 12.1. The normalized spacial score (nSPS) is 10.7. The zero-order chi connectivity index (χ0) is 14.0. The molecule has 3 nitrogen and oxygen atoms in total. The van der Waals surface area contributed by atoms with Gasteiger partial charge in [-0.1, -0.05) is 6.07 Å². The van der Waals surface area contributed by atoms with Crippen molar-refractivity contribution in [1.82, 2.24) is 4.57 Å². The van der Waals surface area contributed by atoms with Crippen LogP contribution in [0.4, 0.5) is 5.69 Å². The Morgan fingerprint density at radius 2 is 1.89 bits per heavy atom. The second kappa shape index (κ2) is 5.39. The fraction of sp³-hybridized carbons (Fsp3) is 0.375. The molecule has 19 heavy (non-hydrogen) atoms. The van der Waals surface area contributed by atoms with Crippen LogP contribution >= 0.6 is 0 Å². The van der Waals surface area contributed by atoms with E-state index in [0.29, 0.717) is 5.75 Å². The third-order valence-electron chi connectivity index (χ3n) is 3.69. The summed E-state index contributed by atoms with van der Waals surface area (Å²) in [5.41, 5.74) is 5.76. The monoisotopic (exact) mass is 258 g/mol. The molecule has 0 spiro atoms. The molecule has 2 rings (SSSR count). The van der Waals surface area contributed by atoms with Crippen molar-refractivity contribution < 1.29 is 5.11 Å². The fourth-order valence-corrected chi connectivity index (χ4v) is 2.45. The number of nitrogens with zero attached hydrogens (tertiary/aromatic N) is 1. The Labute approximate surface area is 114 Å². The van der Waals surface area contributed by atoms with E-state index in [2.05, 4.69) is 36.7 Å². The number of aromatic hydroxyl groups is 1. The van der Waals surface area contributed by atoms with Gasteiger partial charge < -0.3 is 15.0 Å². The fourth-order valence-electron chi connectivity index (χ4n) is 2.45. The van der Waals surface area contributed by atoms with Crippen molar-refractivity contribution in [2.75, 3.05) is 5.32 Å². The molecule has 3 heteroatoms. The highest BCUT2D eigenvalue weighted by molar-refractivity contribution is 5.51. The lowest BCUT2D eigenvalue weighted by molar-refractivity contribution is 0.471. The van der Waals surface area contributed by atoms with Gasteiger partial charge in [-0.25, -0.2) is 0 Å². The molecule has 0 aliphatic heterocycles. The van der Waals surface area contributed by atoms with E-state index in [9.17, 15) is 5.11 Å². The molecule has 0 saturated carbocycles. The zero-order valence-electron chi connectivity index (χ0n) is 12.1. The van der Waals surface area contributed by atoms with Crippen molar-refractivity contribution in [1.29, 1.82) is 0 Å². The number of rotatable bonds is 4. The van der Waals surface area contributed by atoms with Crippen LogP contribution in [0.1, 0.15) is 29.4 Å². The van der Waals surface area contributed by atoms with Gasteiger partial charge in [-0.05, 0) is 51.0 Å². The second-order valence-electron chi connectivity index (χ2n) is 5.00. The highest BCUT2D eigenvalue weighted by atomic mass is 16.3. The van der Waals surface area contributed by atoms with E-state index in [1.165, 1.54) is 17.0 Å². The lowest BCUT2D eigenvalue weighted by atomic mass is 10.2. The van der Waals surface area contributed by atoms with Crippen molar-refractivity contribution in [3.05, 3.63) is 46.8 Å². The van der Waals surface area contributed by atoms with Crippen molar-refractivity contribution >= 4 is 5.69 Å². The molecule has 0 amide bonds. The molecule has 2 aromatic rings. The number of phenols is 1. The summed E-state index contributed by atoms with van der Waals surface area (Å²) in [5, 5.41) is 13.1. The Hall–Kier alpha value is -1.90. The number of aryl methyl sites for hydroxylation is 2. The van der Waals surface area contributed by atoms with Crippen LogP contribution in [0, 0.1) is 20.8 Å². The number of benzene rings is 1. The molecule has 0 saturated heterocycles. The first-order chi connectivity index (χ1) is 9.02. The summed E-state index contributed by atoms with van der Waals surface area (Å²) in [6.07, 6.45) is 0. The summed E-state index contributed by atoms with van der Waals surface area (Å²) in [6.45, 7) is 10.1. The molecular weight excluding hydrogens is 236 g/mol. The van der Waals surface area contributed by atoms with Crippen LogP contribution in [-0.2, 0) is 13.1 Å². The first kappa shape index (κ1) is 13.5. The van der Waals surface area contributed by atoms with Gasteiger partial charge in [0.25, 0.3) is 0 Å². The lowest BCUT2D eigenvalue weighted by Gasteiger charge is -2.09. The molecule has 1 aromatic carbocycles. The molecule has 0 bridgehead atoms. The maximum atomic E-state index is 9.69. The molecule has 102 valence electrons. The van der Waals surface area contributed by atoms with Crippen LogP contribution in [0.2, 0.25) is 0 Å². The molecule has 1 heterocycles. The number of phenolic OH excluding ortho intramolecular Hbond substituents is 1. The van der Waals surface area contributed by atoms with Gasteiger partial charge in [-0.15, -0.1) is 0 Å². The number of nitrogens with one attached hydrogen (secondary N) is 1. The summed E-state index contributed by atoms with van der Waals surface area (Å²) in [6, 6.07) is 7.91. The quantitative estimate of drug-likeness (QED) is 0.876. The molecular formula is C16H22N2O. The molecule has 0 atom stereocenters. The third-order valence-corrected chi connectivity index (χ3v) is 3.69. The Morgan fingerprint density at radius 3 is 2.47 bits per heavy atom. The van der Waals surface area contributed by atoms with Gasteiger partial charge in [0.15, 0.2) is 0 Å². The minimum Gasteiger partial charge on any atom is -0.508 e. The van der Waals surface area contributed by atoms with Crippen LogP contribution in [0.15, 0.2) is 24.3 Å². The number of hydrogen-bond acceptors (Lipinski definition) is 2. The van der Waals surface area contributed by atoms with Gasteiger partial charge in [-0.3, -0.25) is 0 Å². The molecule has 0 radical (unpaired) electrons. The molecule has 2 N–H and O–H groups in total. The second-order valence-corrected chi connectivity index (χ2v) is 5.00. The van der Waals surface area contributed by atoms with Crippen molar-refractivity contribution in [2.24, 2.45) is 0 Å². The standard InChI is InChI=1S/C16H22N2O/c1-5-18-12(3)8-14(13(18)4)10-17-15-7-6-11(2)16(19)9-15/h6-9,17,19H,5,10H2,1-4H3. The molecule has 0 unspecified atom stereocenters. The average molecular weight is 258 g/mol. The molecule has 0 aliphatic carbocycles. The number of aromatic nitrogens is 1. The largest absolute Gasteiger partial charge is 0.508 e. The smallest absolute Gasteiger partial charge is 0.120 e. The van der Waals surface area contributed by atoms with Crippen LogP contribution in [0.25, 0.3) is 0 Å². The molecule has 0 fully saturated rings.